The molecule has 1 N–H and O–H groups in total. The second kappa shape index (κ2) is 6.19. The standard InChI is InChI=1S/C18H26BrN/c1-2-14-4-3-9-18(12-14)10-11-20-13-17(18)15-5-7-16(19)8-6-15/h5-8,14,17,20H,2-4,9-13H2,1H3. The van der Waals surface area contributed by atoms with Gasteiger partial charge in [-0.2, -0.15) is 0 Å². The molecule has 1 saturated heterocycles. The molecule has 0 aromatic heterocycles. The van der Waals surface area contributed by atoms with E-state index in [0.717, 1.165) is 12.5 Å². The van der Waals surface area contributed by atoms with E-state index in [1.807, 2.05) is 0 Å². The molecule has 3 unspecified atom stereocenters. The van der Waals surface area contributed by atoms with E-state index in [-0.39, 0.29) is 0 Å². The van der Waals surface area contributed by atoms with Crippen molar-refractivity contribution < 1.29 is 0 Å². The van der Waals surface area contributed by atoms with Gasteiger partial charge in [0.05, 0.1) is 0 Å². The summed E-state index contributed by atoms with van der Waals surface area (Å²) in [7, 11) is 0. The molecule has 2 aliphatic rings. The lowest BCUT2D eigenvalue weighted by atomic mass is 9.58. The third-order valence-electron chi connectivity index (χ3n) is 5.72. The highest BCUT2D eigenvalue weighted by atomic mass is 79.9. The molecule has 1 heterocycles. The van der Waals surface area contributed by atoms with Crippen molar-refractivity contribution in [3.63, 3.8) is 0 Å². The zero-order chi connectivity index (χ0) is 14.0. The molecule has 110 valence electrons. The fourth-order valence-electron chi connectivity index (χ4n) is 4.55. The molecule has 3 rings (SSSR count). The summed E-state index contributed by atoms with van der Waals surface area (Å²) in [6, 6.07) is 9.08. The van der Waals surface area contributed by atoms with Gasteiger partial charge in [-0.25, -0.2) is 0 Å². The summed E-state index contributed by atoms with van der Waals surface area (Å²) in [5.74, 6) is 1.67. The van der Waals surface area contributed by atoms with E-state index in [0.29, 0.717) is 11.3 Å². The first-order valence-corrected chi connectivity index (χ1v) is 8.99. The van der Waals surface area contributed by atoms with Crippen molar-refractivity contribution in [1.82, 2.24) is 5.32 Å². The Kier molecular flexibility index (Phi) is 4.52. The molecule has 1 saturated carbocycles. The molecule has 1 aromatic carbocycles. The van der Waals surface area contributed by atoms with Gasteiger partial charge in [0.2, 0.25) is 0 Å². The van der Waals surface area contributed by atoms with Gasteiger partial charge in [-0.1, -0.05) is 54.2 Å². The predicted molar refractivity (Wildman–Crippen MR) is 89.1 cm³/mol. The van der Waals surface area contributed by atoms with Crippen LogP contribution >= 0.6 is 15.9 Å². The largest absolute Gasteiger partial charge is 0.316 e. The molecule has 2 heteroatoms. The normalized spacial score (nSPS) is 34.3. The van der Waals surface area contributed by atoms with Crippen molar-refractivity contribution in [1.29, 1.82) is 0 Å². The lowest BCUT2D eigenvalue weighted by molar-refractivity contribution is 0.0689. The molecule has 1 aliphatic carbocycles. The van der Waals surface area contributed by atoms with Gasteiger partial charge in [-0.15, -0.1) is 0 Å². The van der Waals surface area contributed by atoms with Crippen molar-refractivity contribution in [2.24, 2.45) is 11.3 Å². The van der Waals surface area contributed by atoms with Crippen LogP contribution in [0.2, 0.25) is 0 Å². The molecular formula is C18H26BrN. The van der Waals surface area contributed by atoms with Crippen LogP contribution in [0.15, 0.2) is 28.7 Å². The maximum Gasteiger partial charge on any atom is 0.0175 e. The van der Waals surface area contributed by atoms with E-state index < -0.39 is 0 Å². The van der Waals surface area contributed by atoms with Gasteiger partial charge in [-0.05, 0) is 54.8 Å². The van der Waals surface area contributed by atoms with Crippen LogP contribution in [-0.4, -0.2) is 13.1 Å². The maximum atomic E-state index is 3.64. The van der Waals surface area contributed by atoms with Crippen LogP contribution in [0.3, 0.4) is 0 Å². The van der Waals surface area contributed by atoms with E-state index >= 15 is 0 Å². The van der Waals surface area contributed by atoms with Crippen molar-refractivity contribution in [2.45, 2.75) is 51.4 Å². The number of benzene rings is 1. The highest BCUT2D eigenvalue weighted by Gasteiger charge is 2.44. The smallest absolute Gasteiger partial charge is 0.0175 e. The molecule has 20 heavy (non-hydrogen) atoms. The Hall–Kier alpha value is -0.340. The molecule has 0 radical (unpaired) electrons. The predicted octanol–water partition coefficient (Wildman–Crippen LogP) is 5.11. The molecule has 2 fully saturated rings. The minimum atomic E-state index is 0.567. The number of hydrogen-bond donors (Lipinski definition) is 1. The lowest BCUT2D eigenvalue weighted by Gasteiger charge is -2.49. The Morgan fingerprint density at radius 3 is 2.80 bits per heavy atom. The molecule has 0 bridgehead atoms. The monoisotopic (exact) mass is 335 g/mol. The Morgan fingerprint density at radius 2 is 2.05 bits per heavy atom. The Bertz CT molecular complexity index is 437. The van der Waals surface area contributed by atoms with Crippen LogP contribution in [-0.2, 0) is 0 Å². The first kappa shape index (κ1) is 14.6. The van der Waals surface area contributed by atoms with Gasteiger partial charge in [0.25, 0.3) is 0 Å². The second-order valence-electron chi connectivity index (χ2n) is 6.79. The summed E-state index contributed by atoms with van der Waals surface area (Å²) >= 11 is 3.56. The van der Waals surface area contributed by atoms with E-state index in [1.54, 1.807) is 0 Å². The zero-order valence-corrected chi connectivity index (χ0v) is 14.1. The van der Waals surface area contributed by atoms with Crippen molar-refractivity contribution in [3.05, 3.63) is 34.3 Å². The van der Waals surface area contributed by atoms with E-state index in [4.69, 9.17) is 0 Å². The van der Waals surface area contributed by atoms with Gasteiger partial charge in [-0.3, -0.25) is 0 Å². The van der Waals surface area contributed by atoms with Crippen LogP contribution in [0.4, 0.5) is 0 Å². The minimum Gasteiger partial charge on any atom is -0.316 e. The topological polar surface area (TPSA) is 12.0 Å². The highest BCUT2D eigenvalue weighted by molar-refractivity contribution is 9.10. The highest BCUT2D eigenvalue weighted by Crippen LogP contribution is 2.53. The summed E-state index contributed by atoms with van der Waals surface area (Å²) in [4.78, 5) is 0. The van der Waals surface area contributed by atoms with Crippen molar-refractivity contribution in [3.8, 4) is 0 Å². The summed E-state index contributed by atoms with van der Waals surface area (Å²) in [5, 5.41) is 3.64. The first-order valence-electron chi connectivity index (χ1n) is 8.20. The van der Waals surface area contributed by atoms with Gasteiger partial charge in [0, 0.05) is 16.9 Å². The minimum absolute atomic E-state index is 0.567. The molecule has 1 spiro atoms. The molecule has 3 atom stereocenters. The summed E-state index contributed by atoms with van der Waals surface area (Å²) in [6.45, 7) is 4.75. The van der Waals surface area contributed by atoms with E-state index in [2.05, 4.69) is 52.4 Å². The quantitative estimate of drug-likeness (QED) is 0.791. The van der Waals surface area contributed by atoms with E-state index in [1.165, 1.54) is 55.1 Å². The second-order valence-corrected chi connectivity index (χ2v) is 7.71. The van der Waals surface area contributed by atoms with Gasteiger partial charge >= 0.3 is 0 Å². The Morgan fingerprint density at radius 1 is 1.25 bits per heavy atom. The van der Waals surface area contributed by atoms with Crippen molar-refractivity contribution >= 4 is 15.9 Å². The van der Waals surface area contributed by atoms with Crippen LogP contribution in [0.5, 0.6) is 0 Å². The maximum absolute atomic E-state index is 3.64. The molecule has 1 nitrogen and oxygen atoms in total. The fraction of sp³-hybridized carbons (Fsp3) is 0.667. The molecule has 1 aromatic rings. The first-order chi connectivity index (χ1) is 9.73. The third-order valence-corrected chi connectivity index (χ3v) is 6.25. The van der Waals surface area contributed by atoms with Gasteiger partial charge < -0.3 is 5.32 Å². The third kappa shape index (κ3) is 2.82. The van der Waals surface area contributed by atoms with E-state index in [9.17, 15) is 0 Å². The van der Waals surface area contributed by atoms with Gasteiger partial charge in [0.1, 0.15) is 0 Å². The lowest BCUT2D eigenvalue weighted by Crippen LogP contribution is -2.46. The molecule has 0 amide bonds. The summed E-state index contributed by atoms with van der Waals surface area (Å²) in [5.41, 5.74) is 2.11. The summed E-state index contributed by atoms with van der Waals surface area (Å²) < 4.78 is 1.19. The number of halogens is 1. The Labute approximate surface area is 131 Å². The number of nitrogens with one attached hydrogen (secondary N) is 1. The molecular weight excluding hydrogens is 310 g/mol. The molecule has 1 aliphatic heterocycles. The van der Waals surface area contributed by atoms with Crippen LogP contribution < -0.4 is 5.32 Å². The van der Waals surface area contributed by atoms with Gasteiger partial charge in [0.15, 0.2) is 0 Å². The van der Waals surface area contributed by atoms with Crippen molar-refractivity contribution in [2.75, 3.05) is 13.1 Å². The number of hydrogen-bond acceptors (Lipinski definition) is 1. The number of rotatable bonds is 2. The van der Waals surface area contributed by atoms with Crippen LogP contribution in [0.1, 0.15) is 56.9 Å². The number of piperidine rings is 1. The Balaban J connectivity index is 1.88. The SMILES string of the molecule is CCC1CCCC2(CCNCC2c2ccc(Br)cc2)C1. The van der Waals surface area contributed by atoms with Crippen LogP contribution in [0, 0.1) is 11.3 Å². The summed E-state index contributed by atoms with van der Waals surface area (Å²) in [6.07, 6.45) is 8.51. The average Bonchev–Trinajstić information content (AvgIpc) is 2.49. The van der Waals surface area contributed by atoms with Crippen LogP contribution in [0.25, 0.3) is 0 Å². The average molecular weight is 336 g/mol. The zero-order valence-electron chi connectivity index (χ0n) is 12.5. The fourth-order valence-corrected chi connectivity index (χ4v) is 4.82.